The van der Waals surface area contributed by atoms with Crippen molar-refractivity contribution in [3.05, 3.63) is 70.9 Å². The third-order valence-electron chi connectivity index (χ3n) is 4.14. The van der Waals surface area contributed by atoms with Crippen LogP contribution in [0.2, 0.25) is 0 Å². The molecule has 1 heterocycles. The van der Waals surface area contributed by atoms with E-state index in [9.17, 15) is 0 Å². The first-order valence-corrected chi connectivity index (χ1v) is 7.46. The van der Waals surface area contributed by atoms with Gasteiger partial charge in [-0.15, -0.1) is 0 Å². The monoisotopic (exact) mass is 278 g/mol. The summed E-state index contributed by atoms with van der Waals surface area (Å²) in [6.45, 7) is 6.17. The Morgan fingerprint density at radius 2 is 1.71 bits per heavy atom. The van der Waals surface area contributed by atoms with Gasteiger partial charge in [-0.2, -0.15) is 0 Å². The highest BCUT2D eigenvalue weighted by atomic mass is 14.9. The van der Waals surface area contributed by atoms with Crippen LogP contribution in [0, 0.1) is 13.8 Å². The van der Waals surface area contributed by atoms with E-state index in [2.05, 4.69) is 72.4 Å². The molecule has 1 N–H and O–H groups in total. The average Bonchev–Trinajstić information content (AvgIpc) is 2.86. The Kier molecular flexibility index (Phi) is 3.80. The zero-order valence-corrected chi connectivity index (χ0v) is 13.0. The van der Waals surface area contributed by atoms with E-state index in [0.29, 0.717) is 0 Å². The summed E-state index contributed by atoms with van der Waals surface area (Å²) < 4.78 is 2.33. The third kappa shape index (κ3) is 2.86. The van der Waals surface area contributed by atoms with Crippen molar-refractivity contribution >= 4 is 10.9 Å². The van der Waals surface area contributed by atoms with Crippen molar-refractivity contribution in [1.29, 1.82) is 0 Å². The van der Waals surface area contributed by atoms with E-state index in [1.54, 1.807) is 0 Å². The predicted molar refractivity (Wildman–Crippen MR) is 89.7 cm³/mol. The molecule has 2 heteroatoms. The molecule has 108 valence electrons. The van der Waals surface area contributed by atoms with Gasteiger partial charge in [-0.25, -0.2) is 0 Å². The van der Waals surface area contributed by atoms with E-state index in [1.807, 2.05) is 7.05 Å². The van der Waals surface area contributed by atoms with Gasteiger partial charge in [-0.05, 0) is 60.7 Å². The lowest BCUT2D eigenvalue weighted by atomic mass is 10.1. The third-order valence-corrected chi connectivity index (χ3v) is 4.14. The van der Waals surface area contributed by atoms with Crippen molar-refractivity contribution in [2.45, 2.75) is 26.9 Å². The van der Waals surface area contributed by atoms with E-state index in [4.69, 9.17) is 0 Å². The highest BCUT2D eigenvalue weighted by Crippen LogP contribution is 2.20. The first-order valence-electron chi connectivity index (χ1n) is 7.46. The largest absolute Gasteiger partial charge is 0.343 e. The molecule has 0 spiro atoms. The lowest BCUT2D eigenvalue weighted by Crippen LogP contribution is -2.05. The maximum Gasteiger partial charge on any atom is 0.0486 e. The Labute approximate surface area is 126 Å². The van der Waals surface area contributed by atoms with E-state index >= 15 is 0 Å². The molecule has 0 aliphatic carbocycles. The van der Waals surface area contributed by atoms with Gasteiger partial charge in [0, 0.05) is 24.8 Å². The molecule has 0 bridgehead atoms. The average molecular weight is 278 g/mol. The smallest absolute Gasteiger partial charge is 0.0486 e. The highest BCUT2D eigenvalue weighted by Gasteiger charge is 2.04. The van der Waals surface area contributed by atoms with Crippen molar-refractivity contribution in [1.82, 2.24) is 9.88 Å². The number of hydrogen-bond acceptors (Lipinski definition) is 1. The predicted octanol–water partition coefficient (Wildman–Crippen LogP) is 4.03. The number of fused-ring (bicyclic) bond motifs is 1. The molecule has 0 fully saturated rings. The van der Waals surface area contributed by atoms with Crippen LogP contribution in [0.4, 0.5) is 0 Å². The van der Waals surface area contributed by atoms with E-state index < -0.39 is 0 Å². The van der Waals surface area contributed by atoms with E-state index in [0.717, 1.165) is 13.1 Å². The van der Waals surface area contributed by atoms with Gasteiger partial charge in [0.25, 0.3) is 0 Å². The molecule has 21 heavy (non-hydrogen) atoms. The Balaban J connectivity index is 1.95. The molecule has 2 nitrogen and oxygen atoms in total. The van der Waals surface area contributed by atoms with Gasteiger partial charge < -0.3 is 9.88 Å². The van der Waals surface area contributed by atoms with Gasteiger partial charge in [0.05, 0.1) is 0 Å². The number of rotatable bonds is 4. The van der Waals surface area contributed by atoms with Crippen LogP contribution < -0.4 is 5.32 Å². The molecule has 2 aromatic carbocycles. The van der Waals surface area contributed by atoms with Crippen LogP contribution in [0.15, 0.2) is 48.7 Å². The number of benzene rings is 2. The number of aryl methyl sites for hydroxylation is 2. The molecule has 0 saturated carbocycles. The highest BCUT2D eigenvalue weighted by molar-refractivity contribution is 5.81. The first kappa shape index (κ1) is 13.9. The fourth-order valence-electron chi connectivity index (χ4n) is 2.78. The van der Waals surface area contributed by atoms with Crippen LogP contribution in [0.5, 0.6) is 0 Å². The van der Waals surface area contributed by atoms with Crippen LogP contribution in [0.25, 0.3) is 10.9 Å². The van der Waals surface area contributed by atoms with Gasteiger partial charge >= 0.3 is 0 Å². The second-order valence-electron chi connectivity index (χ2n) is 5.79. The SMILES string of the molecule is CNCc1ccc2ccn(Cc3ccc(C)c(C)c3)c2c1. The van der Waals surface area contributed by atoms with Crippen molar-refractivity contribution in [3.63, 3.8) is 0 Å². The van der Waals surface area contributed by atoms with Crippen LogP contribution in [0.1, 0.15) is 22.3 Å². The molecule has 0 aliphatic rings. The maximum absolute atomic E-state index is 3.21. The molecule has 1 aromatic heterocycles. The van der Waals surface area contributed by atoms with Crippen molar-refractivity contribution < 1.29 is 0 Å². The fraction of sp³-hybridized carbons (Fsp3) is 0.263. The summed E-state index contributed by atoms with van der Waals surface area (Å²) in [5.74, 6) is 0. The fourth-order valence-corrected chi connectivity index (χ4v) is 2.78. The van der Waals surface area contributed by atoms with Gasteiger partial charge in [0.2, 0.25) is 0 Å². The van der Waals surface area contributed by atoms with E-state index in [-0.39, 0.29) is 0 Å². The minimum absolute atomic E-state index is 0.907. The maximum atomic E-state index is 3.21. The molecular weight excluding hydrogens is 256 g/mol. The quantitative estimate of drug-likeness (QED) is 0.762. The number of hydrogen-bond donors (Lipinski definition) is 1. The molecule has 3 rings (SSSR count). The van der Waals surface area contributed by atoms with Crippen LogP contribution >= 0.6 is 0 Å². The summed E-state index contributed by atoms with van der Waals surface area (Å²) in [6, 6.07) is 15.6. The van der Waals surface area contributed by atoms with Gasteiger partial charge in [0.1, 0.15) is 0 Å². The Bertz CT molecular complexity index is 768. The minimum Gasteiger partial charge on any atom is -0.343 e. The van der Waals surface area contributed by atoms with Crippen molar-refractivity contribution in [2.75, 3.05) is 7.05 Å². The van der Waals surface area contributed by atoms with Gasteiger partial charge in [-0.1, -0.05) is 30.3 Å². The zero-order valence-electron chi connectivity index (χ0n) is 13.0. The summed E-state index contributed by atoms with van der Waals surface area (Å²) in [7, 11) is 1.98. The van der Waals surface area contributed by atoms with E-state index in [1.165, 1.54) is 33.2 Å². The lowest BCUT2D eigenvalue weighted by Gasteiger charge is -2.09. The molecule has 0 atom stereocenters. The standard InChI is InChI=1S/C19H22N2/c1-14-4-5-17(10-15(14)2)13-21-9-8-18-7-6-16(12-20-3)11-19(18)21/h4-11,20H,12-13H2,1-3H3. The number of nitrogens with zero attached hydrogens (tertiary/aromatic N) is 1. The summed E-state index contributed by atoms with van der Waals surface area (Å²) in [5.41, 5.74) is 6.70. The summed E-state index contributed by atoms with van der Waals surface area (Å²) >= 11 is 0. The van der Waals surface area contributed by atoms with Crippen LogP contribution in [-0.4, -0.2) is 11.6 Å². The molecule has 0 saturated heterocycles. The molecular formula is C19H22N2. The van der Waals surface area contributed by atoms with Gasteiger partial charge in [-0.3, -0.25) is 0 Å². The summed E-state index contributed by atoms with van der Waals surface area (Å²) in [6.07, 6.45) is 2.18. The second-order valence-corrected chi connectivity index (χ2v) is 5.79. The van der Waals surface area contributed by atoms with Gasteiger partial charge in [0.15, 0.2) is 0 Å². The van der Waals surface area contributed by atoms with Crippen molar-refractivity contribution in [3.8, 4) is 0 Å². The van der Waals surface area contributed by atoms with Crippen LogP contribution in [-0.2, 0) is 13.1 Å². The molecule has 0 radical (unpaired) electrons. The van der Waals surface area contributed by atoms with Crippen LogP contribution in [0.3, 0.4) is 0 Å². The Morgan fingerprint density at radius 1 is 0.905 bits per heavy atom. The normalized spacial score (nSPS) is 11.2. The molecule has 3 aromatic rings. The molecule has 0 unspecified atom stereocenters. The molecule has 0 amide bonds. The Hall–Kier alpha value is -2.06. The Morgan fingerprint density at radius 3 is 2.48 bits per heavy atom. The number of aromatic nitrogens is 1. The topological polar surface area (TPSA) is 17.0 Å². The first-order chi connectivity index (χ1) is 10.2. The second kappa shape index (κ2) is 5.74. The zero-order chi connectivity index (χ0) is 14.8. The lowest BCUT2D eigenvalue weighted by molar-refractivity contribution is 0.812. The van der Waals surface area contributed by atoms with Crippen molar-refractivity contribution in [2.24, 2.45) is 0 Å². The number of nitrogens with one attached hydrogen (secondary N) is 1. The summed E-state index contributed by atoms with van der Waals surface area (Å²) in [5, 5.41) is 4.52. The summed E-state index contributed by atoms with van der Waals surface area (Å²) in [4.78, 5) is 0. The minimum atomic E-state index is 0.907. The molecule has 0 aliphatic heterocycles.